The zero-order valence-corrected chi connectivity index (χ0v) is 10.3. The Morgan fingerprint density at radius 1 is 1.20 bits per heavy atom. The van der Waals surface area contributed by atoms with Gasteiger partial charge in [-0.05, 0) is 0 Å². The summed E-state index contributed by atoms with van der Waals surface area (Å²) in [6, 6.07) is 10.1. The number of oxazole rings is 1. The lowest BCUT2D eigenvalue weighted by molar-refractivity contribution is 0.461. The lowest BCUT2D eigenvalue weighted by Gasteiger charge is -2.03. The maximum absolute atomic E-state index is 5.54. The number of nitrogens with zero attached hydrogens (tertiary/aromatic N) is 1. The van der Waals surface area contributed by atoms with E-state index < -0.39 is 0 Å². The van der Waals surface area contributed by atoms with E-state index in [-0.39, 0.29) is 0 Å². The number of benzene rings is 1. The first kappa shape index (κ1) is 10.4. The summed E-state index contributed by atoms with van der Waals surface area (Å²) < 4.78 is 5.54. The molecule has 0 bridgehead atoms. The molecule has 2 rings (SSSR count). The third-order valence-corrected chi connectivity index (χ3v) is 2.54. The van der Waals surface area contributed by atoms with Crippen LogP contribution in [0.15, 0.2) is 39.5 Å². The number of rotatable bonds is 2. The highest BCUT2D eigenvalue weighted by Gasteiger charge is 2.16. The zero-order valence-electron chi connectivity index (χ0n) is 8.70. The molecular formula is C12H12BrNO. The summed E-state index contributed by atoms with van der Waals surface area (Å²) in [5.41, 5.74) is 2.02. The molecule has 1 heterocycles. The van der Waals surface area contributed by atoms with E-state index >= 15 is 0 Å². The van der Waals surface area contributed by atoms with E-state index in [2.05, 4.69) is 34.8 Å². The molecule has 0 fully saturated rings. The predicted molar refractivity (Wildman–Crippen MR) is 63.7 cm³/mol. The van der Waals surface area contributed by atoms with Gasteiger partial charge in [-0.3, -0.25) is 0 Å². The van der Waals surface area contributed by atoms with Crippen LogP contribution < -0.4 is 0 Å². The van der Waals surface area contributed by atoms with Crippen molar-refractivity contribution < 1.29 is 4.42 Å². The molecule has 0 spiro atoms. The Kier molecular flexibility index (Phi) is 2.91. The fraction of sp³-hybridized carbons (Fsp3) is 0.250. The maximum atomic E-state index is 5.54. The number of halogens is 1. The largest absolute Gasteiger partial charge is 0.435 e. The van der Waals surface area contributed by atoms with Crippen LogP contribution in [0.4, 0.5) is 0 Å². The normalized spacial score (nSPS) is 10.9. The maximum Gasteiger partial charge on any atom is 0.264 e. The van der Waals surface area contributed by atoms with Gasteiger partial charge in [0, 0.05) is 27.4 Å². The molecule has 0 amide bonds. The topological polar surface area (TPSA) is 26.0 Å². The Labute approximate surface area is 97.5 Å². The van der Waals surface area contributed by atoms with E-state index in [0.717, 1.165) is 17.0 Å². The lowest BCUT2D eigenvalue weighted by atomic mass is 10.0. The van der Waals surface area contributed by atoms with Crippen LogP contribution >= 0.6 is 15.9 Å². The van der Waals surface area contributed by atoms with Gasteiger partial charge in [0.1, 0.15) is 11.5 Å². The fourth-order valence-corrected chi connectivity index (χ4v) is 1.85. The molecule has 0 radical (unpaired) electrons. The first-order chi connectivity index (χ1) is 7.18. The summed E-state index contributed by atoms with van der Waals surface area (Å²) in [4.78, 5) is 4.90. The van der Waals surface area contributed by atoms with Crippen LogP contribution in [0.3, 0.4) is 0 Å². The van der Waals surface area contributed by atoms with Gasteiger partial charge < -0.3 is 4.42 Å². The summed E-state index contributed by atoms with van der Waals surface area (Å²) in [6.45, 7) is 4.19. The molecule has 0 aliphatic carbocycles. The standard InChI is InChI=1S/C12H12BrNO/c1-8(2)11-10(14-12(13)15-11)9-6-4-3-5-7-9/h3-8H,1-2H3. The Hall–Kier alpha value is -1.09. The molecule has 2 nitrogen and oxygen atoms in total. The van der Waals surface area contributed by atoms with Crippen LogP contribution in [-0.2, 0) is 0 Å². The van der Waals surface area contributed by atoms with Crippen LogP contribution in [0.5, 0.6) is 0 Å². The number of hydrogen-bond donors (Lipinski definition) is 0. The predicted octanol–water partition coefficient (Wildman–Crippen LogP) is 4.23. The van der Waals surface area contributed by atoms with Crippen LogP contribution in [0.25, 0.3) is 11.3 Å². The number of aromatic nitrogens is 1. The van der Waals surface area contributed by atoms with Crippen LogP contribution in [0.2, 0.25) is 0 Å². The average molecular weight is 266 g/mol. The first-order valence-electron chi connectivity index (χ1n) is 4.90. The smallest absolute Gasteiger partial charge is 0.264 e. The monoisotopic (exact) mass is 265 g/mol. The molecule has 0 atom stereocenters. The van der Waals surface area contributed by atoms with E-state index in [9.17, 15) is 0 Å². The second-order valence-corrected chi connectivity index (χ2v) is 4.38. The van der Waals surface area contributed by atoms with Gasteiger partial charge in [0.2, 0.25) is 0 Å². The van der Waals surface area contributed by atoms with E-state index in [1.54, 1.807) is 0 Å². The van der Waals surface area contributed by atoms with E-state index in [4.69, 9.17) is 4.42 Å². The summed E-state index contributed by atoms with van der Waals surface area (Å²) >= 11 is 3.27. The summed E-state index contributed by atoms with van der Waals surface area (Å²) in [5.74, 6) is 1.26. The molecule has 0 aliphatic heterocycles. The van der Waals surface area contributed by atoms with E-state index in [1.807, 2.05) is 30.3 Å². The van der Waals surface area contributed by atoms with Crippen LogP contribution in [0.1, 0.15) is 25.5 Å². The Balaban J connectivity index is 2.53. The molecule has 15 heavy (non-hydrogen) atoms. The molecule has 0 N–H and O–H groups in total. The molecule has 0 aliphatic rings. The van der Waals surface area contributed by atoms with Gasteiger partial charge in [-0.15, -0.1) is 0 Å². The van der Waals surface area contributed by atoms with Gasteiger partial charge in [-0.2, -0.15) is 0 Å². The van der Waals surface area contributed by atoms with Crippen molar-refractivity contribution in [3.63, 3.8) is 0 Å². The first-order valence-corrected chi connectivity index (χ1v) is 5.69. The Bertz CT molecular complexity index is 448. The van der Waals surface area contributed by atoms with Crippen LogP contribution in [-0.4, -0.2) is 4.98 Å². The Morgan fingerprint density at radius 3 is 2.47 bits per heavy atom. The second kappa shape index (κ2) is 4.19. The van der Waals surface area contributed by atoms with Crippen molar-refractivity contribution in [2.75, 3.05) is 0 Å². The van der Waals surface area contributed by atoms with Crippen molar-refractivity contribution in [1.82, 2.24) is 4.98 Å². The highest BCUT2D eigenvalue weighted by molar-refractivity contribution is 9.10. The van der Waals surface area contributed by atoms with Crippen molar-refractivity contribution in [1.29, 1.82) is 0 Å². The molecule has 78 valence electrons. The number of hydrogen-bond acceptors (Lipinski definition) is 2. The van der Waals surface area contributed by atoms with Gasteiger partial charge in [-0.25, -0.2) is 4.98 Å². The molecular weight excluding hydrogens is 254 g/mol. The minimum atomic E-state index is 0.332. The second-order valence-electron chi connectivity index (χ2n) is 3.70. The molecule has 1 aromatic carbocycles. The molecule has 2 aromatic rings. The summed E-state index contributed by atoms with van der Waals surface area (Å²) in [5, 5.41) is 0. The summed E-state index contributed by atoms with van der Waals surface area (Å²) in [6.07, 6.45) is 0. The van der Waals surface area contributed by atoms with Gasteiger partial charge >= 0.3 is 0 Å². The molecule has 0 saturated heterocycles. The van der Waals surface area contributed by atoms with Crippen molar-refractivity contribution >= 4 is 15.9 Å². The quantitative estimate of drug-likeness (QED) is 0.813. The highest BCUT2D eigenvalue weighted by Crippen LogP contribution is 2.31. The third kappa shape index (κ3) is 2.12. The van der Waals surface area contributed by atoms with E-state index in [1.165, 1.54) is 0 Å². The minimum Gasteiger partial charge on any atom is -0.435 e. The van der Waals surface area contributed by atoms with Crippen molar-refractivity contribution in [3.8, 4) is 11.3 Å². The lowest BCUT2D eigenvalue weighted by Crippen LogP contribution is -1.88. The van der Waals surface area contributed by atoms with Crippen LogP contribution in [0, 0.1) is 0 Å². The summed E-state index contributed by atoms with van der Waals surface area (Å²) in [7, 11) is 0. The van der Waals surface area contributed by atoms with Gasteiger partial charge in [0.15, 0.2) is 0 Å². The van der Waals surface area contributed by atoms with Crippen molar-refractivity contribution in [3.05, 3.63) is 40.9 Å². The molecule has 1 aromatic heterocycles. The van der Waals surface area contributed by atoms with Gasteiger partial charge in [0.25, 0.3) is 4.80 Å². The highest BCUT2D eigenvalue weighted by atomic mass is 79.9. The third-order valence-electron chi connectivity index (χ3n) is 2.20. The molecule has 0 unspecified atom stereocenters. The minimum absolute atomic E-state index is 0.332. The van der Waals surface area contributed by atoms with Crippen molar-refractivity contribution in [2.24, 2.45) is 0 Å². The fourth-order valence-electron chi connectivity index (χ4n) is 1.50. The molecule has 0 saturated carbocycles. The zero-order chi connectivity index (χ0) is 10.8. The SMILES string of the molecule is CC(C)c1oc(Br)nc1-c1ccccc1. The van der Waals surface area contributed by atoms with Gasteiger partial charge in [-0.1, -0.05) is 44.2 Å². The molecule has 3 heteroatoms. The van der Waals surface area contributed by atoms with Gasteiger partial charge in [0.05, 0.1) is 0 Å². The van der Waals surface area contributed by atoms with E-state index in [0.29, 0.717) is 10.7 Å². The van der Waals surface area contributed by atoms with Crippen molar-refractivity contribution in [2.45, 2.75) is 19.8 Å². The Morgan fingerprint density at radius 2 is 1.87 bits per heavy atom. The average Bonchev–Trinajstić information content (AvgIpc) is 2.62.